The van der Waals surface area contributed by atoms with E-state index in [0.29, 0.717) is 16.3 Å². The van der Waals surface area contributed by atoms with E-state index in [-0.39, 0.29) is 31.3 Å². The Morgan fingerprint density at radius 1 is 1.10 bits per heavy atom. The van der Waals surface area contributed by atoms with Crippen molar-refractivity contribution in [1.82, 2.24) is 10.4 Å². The van der Waals surface area contributed by atoms with E-state index in [9.17, 15) is 14.4 Å². The van der Waals surface area contributed by atoms with Crippen molar-refractivity contribution in [2.45, 2.75) is 0 Å². The summed E-state index contributed by atoms with van der Waals surface area (Å²) >= 11 is 18.1. The molecule has 10 heteroatoms. The number of thiocarbonyl (C=S) groups is 1. The molecule has 0 radical (unpaired) electrons. The summed E-state index contributed by atoms with van der Waals surface area (Å²) in [6.07, 6.45) is 0. The maximum Gasteiger partial charge on any atom is 0.286 e. The molecule has 1 N–H and O–H groups in total. The Kier molecular flexibility index (Phi) is 5.12. The topological polar surface area (TPSA) is 69.7 Å². The van der Waals surface area contributed by atoms with Crippen LogP contribution in [0, 0.1) is 0 Å². The molecular weight excluding hydrogens is 453 g/mol. The minimum Gasteiger partial charge on any atom is -0.311 e. The number of hydrazine groups is 1. The van der Waals surface area contributed by atoms with Crippen molar-refractivity contribution >= 4 is 80.5 Å². The molecule has 2 aliphatic rings. The van der Waals surface area contributed by atoms with Gasteiger partial charge in [0, 0.05) is 17.6 Å². The van der Waals surface area contributed by atoms with Crippen LogP contribution in [-0.2, 0) is 9.59 Å². The first-order chi connectivity index (χ1) is 13.8. The lowest BCUT2D eigenvalue weighted by Crippen LogP contribution is -2.45. The highest BCUT2D eigenvalue weighted by atomic mass is 35.5. The number of amides is 3. The second-order valence-corrected chi connectivity index (χ2v) is 8.65. The Balaban J connectivity index is 1.67. The third kappa shape index (κ3) is 3.32. The van der Waals surface area contributed by atoms with Gasteiger partial charge in [-0.05, 0) is 36.5 Å². The second-order valence-electron chi connectivity index (χ2n) is 6.16. The van der Waals surface area contributed by atoms with Crippen molar-refractivity contribution in [3.05, 3.63) is 68.5 Å². The van der Waals surface area contributed by atoms with E-state index in [1.54, 1.807) is 25.2 Å². The summed E-state index contributed by atoms with van der Waals surface area (Å²) in [6, 6.07) is 11.5. The molecule has 1 fully saturated rings. The van der Waals surface area contributed by atoms with Gasteiger partial charge in [0.05, 0.1) is 26.8 Å². The zero-order chi connectivity index (χ0) is 20.9. The predicted octanol–water partition coefficient (Wildman–Crippen LogP) is 3.89. The Morgan fingerprint density at radius 3 is 2.55 bits per heavy atom. The number of likely N-dealkylation sites (N-methyl/N-ethyl adjacent to an activating group) is 1. The summed E-state index contributed by atoms with van der Waals surface area (Å²) in [6.45, 7) is 0. The van der Waals surface area contributed by atoms with Gasteiger partial charge < -0.3 is 4.90 Å². The first kappa shape index (κ1) is 19.9. The number of benzene rings is 2. The van der Waals surface area contributed by atoms with Crippen LogP contribution in [0.3, 0.4) is 0 Å². The zero-order valence-corrected chi connectivity index (χ0v) is 17.9. The van der Waals surface area contributed by atoms with Gasteiger partial charge in [-0.3, -0.25) is 19.8 Å². The number of halogens is 2. The van der Waals surface area contributed by atoms with Crippen LogP contribution < -0.4 is 10.3 Å². The maximum atomic E-state index is 13.0. The SMILES string of the molecule is CN1C(=O)C(=C2SC(=S)N(NC(=O)c3ccc(Cl)cc3Cl)C2=O)c2ccccc21. The van der Waals surface area contributed by atoms with E-state index >= 15 is 0 Å². The molecule has 1 saturated heterocycles. The molecule has 6 nitrogen and oxygen atoms in total. The van der Waals surface area contributed by atoms with E-state index in [1.807, 2.05) is 6.07 Å². The van der Waals surface area contributed by atoms with Crippen LogP contribution in [0.4, 0.5) is 5.69 Å². The number of carbonyl (C=O) groups is 3. The van der Waals surface area contributed by atoms with Gasteiger partial charge in [-0.1, -0.05) is 53.2 Å². The number of anilines is 1. The standard InChI is InChI=1S/C19H11Cl2N3O3S2/c1-23-13-5-3-2-4-11(13)14(17(23)26)15-18(27)24(19(28)29-15)22-16(25)10-7-6-9(20)8-12(10)21/h2-8H,1H3,(H,22,25). The molecule has 2 heterocycles. The van der Waals surface area contributed by atoms with Crippen molar-refractivity contribution in [2.75, 3.05) is 11.9 Å². The van der Waals surface area contributed by atoms with Crippen molar-refractivity contribution in [3.63, 3.8) is 0 Å². The molecule has 0 aliphatic carbocycles. The second kappa shape index (κ2) is 7.46. The molecule has 146 valence electrons. The van der Waals surface area contributed by atoms with E-state index in [0.717, 1.165) is 16.8 Å². The van der Waals surface area contributed by atoms with Gasteiger partial charge in [0.15, 0.2) is 4.32 Å². The van der Waals surface area contributed by atoms with E-state index in [1.165, 1.54) is 23.1 Å². The zero-order valence-electron chi connectivity index (χ0n) is 14.7. The number of thioether (sulfide) groups is 1. The third-order valence-electron chi connectivity index (χ3n) is 4.44. The summed E-state index contributed by atoms with van der Waals surface area (Å²) in [4.78, 5) is 40.0. The monoisotopic (exact) mass is 463 g/mol. The fourth-order valence-electron chi connectivity index (χ4n) is 3.04. The average molecular weight is 464 g/mol. The molecule has 3 amide bonds. The quantitative estimate of drug-likeness (QED) is 0.540. The summed E-state index contributed by atoms with van der Waals surface area (Å²) in [7, 11) is 1.64. The van der Waals surface area contributed by atoms with Crippen LogP contribution in [0.15, 0.2) is 47.4 Å². The lowest BCUT2D eigenvalue weighted by Gasteiger charge is -2.16. The number of fused-ring (bicyclic) bond motifs is 1. The summed E-state index contributed by atoms with van der Waals surface area (Å²) in [5.41, 5.74) is 4.21. The molecule has 2 aromatic carbocycles. The highest BCUT2D eigenvalue weighted by molar-refractivity contribution is 8.26. The number of nitrogens with one attached hydrogen (secondary N) is 1. The first-order valence-corrected chi connectivity index (χ1v) is 10.2. The number of carbonyl (C=O) groups excluding carboxylic acids is 3. The Hall–Kier alpha value is -2.39. The van der Waals surface area contributed by atoms with E-state index in [4.69, 9.17) is 35.4 Å². The highest BCUT2D eigenvalue weighted by Crippen LogP contribution is 2.43. The maximum absolute atomic E-state index is 13.0. The van der Waals surface area contributed by atoms with Crippen molar-refractivity contribution < 1.29 is 14.4 Å². The molecule has 0 spiro atoms. The van der Waals surface area contributed by atoms with Crippen LogP contribution >= 0.6 is 47.2 Å². The van der Waals surface area contributed by atoms with Crippen LogP contribution in [0.5, 0.6) is 0 Å². The van der Waals surface area contributed by atoms with Crippen molar-refractivity contribution in [1.29, 1.82) is 0 Å². The van der Waals surface area contributed by atoms with Gasteiger partial charge in [0.2, 0.25) is 0 Å². The van der Waals surface area contributed by atoms with Crippen LogP contribution in [-0.4, -0.2) is 34.1 Å². The van der Waals surface area contributed by atoms with E-state index < -0.39 is 11.8 Å². The normalized spacial score (nSPS) is 18.5. The number of para-hydroxylation sites is 1. The Morgan fingerprint density at radius 2 is 1.83 bits per heavy atom. The van der Waals surface area contributed by atoms with Gasteiger partial charge in [-0.2, -0.15) is 5.01 Å². The molecule has 0 unspecified atom stereocenters. The molecule has 0 atom stereocenters. The summed E-state index contributed by atoms with van der Waals surface area (Å²) in [5, 5.41) is 1.47. The van der Waals surface area contributed by atoms with Crippen LogP contribution in [0.25, 0.3) is 5.57 Å². The fraction of sp³-hybridized carbons (Fsp3) is 0.0526. The number of nitrogens with zero attached hydrogens (tertiary/aromatic N) is 2. The fourth-order valence-corrected chi connectivity index (χ4v) is 4.79. The van der Waals surface area contributed by atoms with E-state index in [2.05, 4.69) is 5.43 Å². The molecular formula is C19H11Cl2N3O3S2. The Bertz CT molecular complexity index is 1150. The number of hydrogen-bond donors (Lipinski definition) is 1. The minimum atomic E-state index is -0.621. The molecule has 4 rings (SSSR count). The average Bonchev–Trinajstić information content (AvgIpc) is 3.09. The van der Waals surface area contributed by atoms with Crippen LogP contribution in [0.2, 0.25) is 10.0 Å². The van der Waals surface area contributed by atoms with Crippen molar-refractivity contribution in [2.24, 2.45) is 0 Å². The molecule has 29 heavy (non-hydrogen) atoms. The predicted molar refractivity (Wildman–Crippen MR) is 118 cm³/mol. The number of rotatable bonds is 2. The van der Waals surface area contributed by atoms with Gasteiger partial charge in [-0.25, -0.2) is 0 Å². The lowest BCUT2D eigenvalue weighted by molar-refractivity contribution is -0.124. The highest BCUT2D eigenvalue weighted by Gasteiger charge is 2.41. The number of hydrogen-bond acceptors (Lipinski definition) is 5. The Labute approximate surface area is 185 Å². The van der Waals surface area contributed by atoms with Gasteiger partial charge in [-0.15, -0.1) is 0 Å². The smallest absolute Gasteiger partial charge is 0.286 e. The lowest BCUT2D eigenvalue weighted by atomic mass is 10.1. The largest absolute Gasteiger partial charge is 0.311 e. The minimum absolute atomic E-state index is 0.107. The van der Waals surface area contributed by atoms with Gasteiger partial charge in [0.25, 0.3) is 17.7 Å². The summed E-state index contributed by atoms with van der Waals surface area (Å²) < 4.78 is 0.107. The van der Waals surface area contributed by atoms with Gasteiger partial charge >= 0.3 is 0 Å². The van der Waals surface area contributed by atoms with Crippen LogP contribution in [0.1, 0.15) is 15.9 Å². The van der Waals surface area contributed by atoms with Gasteiger partial charge in [0.1, 0.15) is 0 Å². The molecule has 2 aliphatic heterocycles. The summed E-state index contributed by atoms with van der Waals surface area (Å²) in [5.74, 6) is -1.50. The molecule has 0 bridgehead atoms. The third-order valence-corrected chi connectivity index (χ3v) is 6.36. The molecule has 0 saturated carbocycles. The first-order valence-electron chi connectivity index (χ1n) is 8.23. The molecule has 2 aromatic rings. The van der Waals surface area contributed by atoms with Crippen molar-refractivity contribution in [3.8, 4) is 0 Å². The molecule has 0 aromatic heterocycles.